The summed E-state index contributed by atoms with van der Waals surface area (Å²) in [7, 11) is 3.60. The monoisotopic (exact) mass is 437 g/mol. The lowest BCUT2D eigenvalue weighted by molar-refractivity contribution is -0.121. The van der Waals surface area contributed by atoms with E-state index in [9.17, 15) is 9.18 Å². The second-order valence-electron chi connectivity index (χ2n) is 8.62. The van der Waals surface area contributed by atoms with Crippen LogP contribution in [0.1, 0.15) is 30.0 Å². The third kappa shape index (κ3) is 3.80. The average molecular weight is 438 g/mol. The first-order valence-electron chi connectivity index (χ1n) is 11.0. The molecule has 3 unspecified atom stereocenters. The highest BCUT2D eigenvalue weighted by molar-refractivity contribution is 5.95. The van der Waals surface area contributed by atoms with Crippen LogP contribution in [0.15, 0.2) is 48.5 Å². The molecule has 2 aromatic carbocycles. The van der Waals surface area contributed by atoms with Crippen LogP contribution in [0.2, 0.25) is 0 Å². The number of amides is 1. The molecular formula is C24H28FN5O2. The third-order valence-corrected chi connectivity index (χ3v) is 6.59. The summed E-state index contributed by atoms with van der Waals surface area (Å²) in [5.41, 5.74) is 13.6. The van der Waals surface area contributed by atoms with Crippen LogP contribution in [-0.4, -0.2) is 50.1 Å². The summed E-state index contributed by atoms with van der Waals surface area (Å²) in [4.78, 5) is 15.1. The molecule has 1 amide bonds. The van der Waals surface area contributed by atoms with Crippen LogP contribution >= 0.6 is 0 Å². The molecule has 168 valence electrons. The average Bonchev–Trinajstić information content (AvgIpc) is 3.21. The molecule has 8 heteroatoms. The van der Waals surface area contributed by atoms with E-state index < -0.39 is 5.82 Å². The Balaban J connectivity index is 1.38. The van der Waals surface area contributed by atoms with Crippen LogP contribution in [0.3, 0.4) is 0 Å². The number of methoxy groups -OCH3 is 1. The second kappa shape index (κ2) is 8.63. The van der Waals surface area contributed by atoms with E-state index in [0.717, 1.165) is 25.1 Å². The smallest absolute Gasteiger partial charge is 0.243 e. The van der Waals surface area contributed by atoms with E-state index in [2.05, 4.69) is 58.6 Å². The Labute approximate surface area is 187 Å². The molecule has 32 heavy (non-hydrogen) atoms. The van der Waals surface area contributed by atoms with Crippen molar-refractivity contribution in [3.8, 4) is 5.75 Å². The number of para-hydroxylation sites is 1. The Morgan fingerprint density at radius 1 is 1.12 bits per heavy atom. The number of anilines is 1. The van der Waals surface area contributed by atoms with Gasteiger partial charge in [0, 0.05) is 25.6 Å². The fourth-order valence-corrected chi connectivity index (χ4v) is 4.75. The summed E-state index contributed by atoms with van der Waals surface area (Å²) in [6.45, 7) is 2.04. The van der Waals surface area contributed by atoms with Gasteiger partial charge in [-0.05, 0) is 42.3 Å². The van der Waals surface area contributed by atoms with Gasteiger partial charge in [-0.25, -0.2) is 20.3 Å². The molecule has 2 saturated heterocycles. The SMILES string of the molecule is COc1cccc(F)c1N1NC2C(CC1=O)NNC2c1ccc(C2=CCN(C)CC2)cc1. The molecule has 7 nitrogen and oxygen atoms in total. The first-order valence-corrected chi connectivity index (χ1v) is 11.0. The Hall–Kier alpha value is -2.78. The van der Waals surface area contributed by atoms with Gasteiger partial charge in [-0.3, -0.25) is 10.2 Å². The number of hydrogen-bond acceptors (Lipinski definition) is 6. The van der Waals surface area contributed by atoms with E-state index >= 15 is 0 Å². The number of rotatable bonds is 4. The first-order chi connectivity index (χ1) is 15.5. The number of nitrogens with one attached hydrogen (secondary N) is 3. The lowest BCUT2D eigenvalue weighted by Gasteiger charge is -2.37. The highest BCUT2D eigenvalue weighted by Crippen LogP contribution is 2.35. The zero-order chi connectivity index (χ0) is 22.2. The predicted octanol–water partition coefficient (Wildman–Crippen LogP) is 2.38. The molecule has 3 N–H and O–H groups in total. The number of hydrogen-bond donors (Lipinski definition) is 3. The van der Waals surface area contributed by atoms with Crippen molar-refractivity contribution in [2.24, 2.45) is 0 Å². The number of halogens is 1. The van der Waals surface area contributed by atoms with Crippen LogP contribution in [-0.2, 0) is 4.79 Å². The summed E-state index contributed by atoms with van der Waals surface area (Å²) in [6.07, 6.45) is 3.59. The summed E-state index contributed by atoms with van der Waals surface area (Å²) in [6, 6.07) is 12.8. The zero-order valence-corrected chi connectivity index (χ0v) is 18.3. The molecule has 0 aromatic heterocycles. The maximum Gasteiger partial charge on any atom is 0.243 e. The molecule has 2 aromatic rings. The number of carbonyl (C=O) groups is 1. The lowest BCUT2D eigenvalue weighted by Crippen LogP contribution is -2.60. The van der Waals surface area contributed by atoms with E-state index in [1.165, 1.54) is 29.3 Å². The standard InChI is InChI=1S/C24H28FN5O2/c1-29-12-10-16(11-13-29)15-6-8-17(9-7-15)22-23-19(26-27-22)14-21(31)30(28-23)24-18(25)4-3-5-20(24)32-2/h3-10,19,22-23,26-28H,11-14H2,1-2H3. The number of hydrazine groups is 2. The van der Waals surface area contributed by atoms with Crippen molar-refractivity contribution in [1.82, 2.24) is 21.2 Å². The Morgan fingerprint density at radius 3 is 2.66 bits per heavy atom. The van der Waals surface area contributed by atoms with Crippen molar-refractivity contribution in [1.29, 1.82) is 0 Å². The molecule has 5 rings (SSSR count). The van der Waals surface area contributed by atoms with Crippen LogP contribution in [0.4, 0.5) is 10.1 Å². The number of benzene rings is 2. The fraction of sp³-hybridized carbons (Fsp3) is 0.375. The summed E-state index contributed by atoms with van der Waals surface area (Å²) in [5, 5.41) is 1.30. The topological polar surface area (TPSA) is 68.9 Å². The maximum atomic E-state index is 14.7. The number of ether oxygens (including phenoxy) is 1. The Bertz CT molecular complexity index is 1040. The van der Waals surface area contributed by atoms with Crippen LogP contribution in [0.5, 0.6) is 5.75 Å². The first kappa shape index (κ1) is 21.1. The highest BCUT2D eigenvalue weighted by Gasteiger charge is 2.44. The van der Waals surface area contributed by atoms with Gasteiger partial charge in [-0.2, -0.15) is 0 Å². The third-order valence-electron chi connectivity index (χ3n) is 6.59. The van der Waals surface area contributed by atoms with E-state index in [1.807, 2.05) is 0 Å². The van der Waals surface area contributed by atoms with Crippen molar-refractivity contribution in [3.63, 3.8) is 0 Å². The molecule has 0 radical (unpaired) electrons. The largest absolute Gasteiger partial charge is 0.494 e. The highest BCUT2D eigenvalue weighted by atomic mass is 19.1. The summed E-state index contributed by atoms with van der Waals surface area (Å²) >= 11 is 0. The molecule has 0 spiro atoms. The molecule has 3 aliphatic rings. The Morgan fingerprint density at radius 2 is 1.94 bits per heavy atom. The normalized spacial score (nSPS) is 26.1. The number of carbonyl (C=O) groups excluding carboxylic acids is 1. The minimum Gasteiger partial charge on any atom is -0.494 e. The number of nitrogens with zero attached hydrogens (tertiary/aromatic N) is 2. The second-order valence-corrected chi connectivity index (χ2v) is 8.62. The summed E-state index contributed by atoms with van der Waals surface area (Å²) in [5.74, 6) is -0.403. The lowest BCUT2D eigenvalue weighted by atomic mass is 9.91. The molecule has 3 heterocycles. The van der Waals surface area contributed by atoms with Gasteiger partial charge >= 0.3 is 0 Å². The molecule has 3 atom stereocenters. The molecule has 0 bridgehead atoms. The van der Waals surface area contributed by atoms with Crippen molar-refractivity contribution >= 4 is 17.2 Å². The molecule has 2 fully saturated rings. The van der Waals surface area contributed by atoms with E-state index in [-0.39, 0.29) is 36.1 Å². The van der Waals surface area contributed by atoms with E-state index in [1.54, 1.807) is 12.1 Å². The van der Waals surface area contributed by atoms with E-state index in [4.69, 9.17) is 4.74 Å². The van der Waals surface area contributed by atoms with Gasteiger partial charge < -0.3 is 9.64 Å². The van der Waals surface area contributed by atoms with Crippen molar-refractivity contribution in [2.45, 2.75) is 31.0 Å². The van der Waals surface area contributed by atoms with Gasteiger partial charge in [-0.1, -0.05) is 36.4 Å². The van der Waals surface area contributed by atoms with Gasteiger partial charge in [0.05, 0.1) is 19.2 Å². The molecule has 0 aliphatic carbocycles. The van der Waals surface area contributed by atoms with Gasteiger partial charge in [0.25, 0.3) is 0 Å². The summed E-state index contributed by atoms with van der Waals surface area (Å²) < 4.78 is 20.0. The zero-order valence-electron chi connectivity index (χ0n) is 18.3. The van der Waals surface area contributed by atoms with E-state index in [0.29, 0.717) is 5.75 Å². The molecule has 3 aliphatic heterocycles. The van der Waals surface area contributed by atoms with Gasteiger partial charge in [0.2, 0.25) is 5.91 Å². The predicted molar refractivity (Wildman–Crippen MR) is 121 cm³/mol. The minimum atomic E-state index is -0.505. The van der Waals surface area contributed by atoms with Crippen LogP contribution < -0.4 is 26.0 Å². The van der Waals surface area contributed by atoms with Crippen LogP contribution in [0.25, 0.3) is 5.57 Å². The van der Waals surface area contributed by atoms with Crippen molar-refractivity contribution in [2.75, 3.05) is 32.3 Å². The molecular weight excluding hydrogens is 409 g/mol. The number of fused-ring (bicyclic) bond motifs is 1. The maximum absolute atomic E-state index is 14.7. The van der Waals surface area contributed by atoms with Gasteiger partial charge in [-0.15, -0.1) is 0 Å². The van der Waals surface area contributed by atoms with Gasteiger partial charge in [0.15, 0.2) is 5.82 Å². The van der Waals surface area contributed by atoms with Crippen molar-refractivity contribution in [3.05, 3.63) is 65.5 Å². The molecule has 0 saturated carbocycles. The fourth-order valence-electron chi connectivity index (χ4n) is 4.75. The quantitative estimate of drug-likeness (QED) is 0.683. The Kier molecular flexibility index (Phi) is 5.69. The minimum absolute atomic E-state index is 0.0751. The van der Waals surface area contributed by atoms with Gasteiger partial charge in [0.1, 0.15) is 11.4 Å². The van der Waals surface area contributed by atoms with Crippen LogP contribution in [0, 0.1) is 5.82 Å². The van der Waals surface area contributed by atoms with Crippen molar-refractivity contribution < 1.29 is 13.9 Å². The number of likely N-dealkylation sites (N-methyl/N-ethyl adjacent to an activating group) is 1.